The number of alkyl halides is 1. The third kappa shape index (κ3) is 5.28. The number of halogens is 1. The van der Waals surface area contributed by atoms with E-state index >= 15 is 0 Å². The highest BCUT2D eigenvalue weighted by Gasteiger charge is 1.98. The van der Waals surface area contributed by atoms with Gasteiger partial charge in [-0.05, 0) is 12.5 Å². The standard InChI is InChI=1S/C7H11FO2/c1-2-3-6(8)4-5-7(9)10/h4-6H,2-3H2,1H3,(H,9,10). The van der Waals surface area contributed by atoms with E-state index in [2.05, 4.69) is 0 Å². The van der Waals surface area contributed by atoms with Gasteiger partial charge in [0, 0.05) is 6.08 Å². The zero-order chi connectivity index (χ0) is 7.98. The van der Waals surface area contributed by atoms with Crippen molar-refractivity contribution in [2.24, 2.45) is 0 Å². The third-order valence-corrected chi connectivity index (χ3v) is 1.01. The average Bonchev–Trinajstić information content (AvgIpc) is 1.85. The molecule has 0 aliphatic carbocycles. The smallest absolute Gasteiger partial charge is 0.328 e. The van der Waals surface area contributed by atoms with Gasteiger partial charge in [-0.25, -0.2) is 9.18 Å². The summed E-state index contributed by atoms with van der Waals surface area (Å²) in [4.78, 5) is 9.85. The quantitative estimate of drug-likeness (QED) is 0.613. The fourth-order valence-electron chi connectivity index (χ4n) is 0.559. The Labute approximate surface area is 59.4 Å². The Morgan fingerprint density at radius 1 is 1.80 bits per heavy atom. The van der Waals surface area contributed by atoms with Crippen LogP contribution >= 0.6 is 0 Å². The van der Waals surface area contributed by atoms with E-state index in [0.29, 0.717) is 6.42 Å². The molecule has 1 unspecified atom stereocenters. The molecule has 0 saturated carbocycles. The zero-order valence-electron chi connectivity index (χ0n) is 5.88. The van der Waals surface area contributed by atoms with Gasteiger partial charge in [0.15, 0.2) is 0 Å². The summed E-state index contributed by atoms with van der Waals surface area (Å²) in [7, 11) is 0. The van der Waals surface area contributed by atoms with Crippen LogP contribution in [0.3, 0.4) is 0 Å². The van der Waals surface area contributed by atoms with E-state index in [1.807, 2.05) is 6.92 Å². The van der Waals surface area contributed by atoms with Crippen molar-refractivity contribution in [2.45, 2.75) is 25.9 Å². The van der Waals surface area contributed by atoms with E-state index in [0.717, 1.165) is 18.6 Å². The first kappa shape index (κ1) is 9.14. The van der Waals surface area contributed by atoms with Gasteiger partial charge in [-0.15, -0.1) is 0 Å². The van der Waals surface area contributed by atoms with Crippen molar-refractivity contribution in [3.8, 4) is 0 Å². The van der Waals surface area contributed by atoms with Crippen LogP contribution in [0.25, 0.3) is 0 Å². The Balaban J connectivity index is 3.55. The summed E-state index contributed by atoms with van der Waals surface area (Å²) in [6.45, 7) is 1.85. The predicted octanol–water partition coefficient (Wildman–Crippen LogP) is 1.77. The topological polar surface area (TPSA) is 37.3 Å². The van der Waals surface area contributed by atoms with Crippen molar-refractivity contribution < 1.29 is 14.3 Å². The van der Waals surface area contributed by atoms with Gasteiger partial charge in [0.25, 0.3) is 0 Å². The van der Waals surface area contributed by atoms with Crippen molar-refractivity contribution in [1.29, 1.82) is 0 Å². The number of carboxylic acid groups (broad SMARTS) is 1. The molecule has 0 bridgehead atoms. The lowest BCUT2D eigenvalue weighted by Crippen LogP contribution is -1.95. The molecule has 0 spiro atoms. The summed E-state index contributed by atoms with van der Waals surface area (Å²) in [6.07, 6.45) is 1.90. The first-order valence-corrected chi connectivity index (χ1v) is 3.22. The molecule has 0 fully saturated rings. The lowest BCUT2D eigenvalue weighted by molar-refractivity contribution is -0.131. The normalized spacial score (nSPS) is 13.8. The summed E-state index contributed by atoms with van der Waals surface area (Å²) in [5, 5.41) is 8.08. The molecule has 0 aromatic rings. The van der Waals surface area contributed by atoms with Crippen molar-refractivity contribution in [2.75, 3.05) is 0 Å². The number of aliphatic carboxylic acids is 1. The van der Waals surface area contributed by atoms with Crippen LogP contribution in [0.15, 0.2) is 12.2 Å². The van der Waals surface area contributed by atoms with Crippen LogP contribution in [0.4, 0.5) is 4.39 Å². The Kier molecular flexibility index (Phi) is 4.54. The molecule has 1 N–H and O–H groups in total. The fourth-order valence-corrected chi connectivity index (χ4v) is 0.559. The predicted molar refractivity (Wildman–Crippen MR) is 36.6 cm³/mol. The lowest BCUT2D eigenvalue weighted by atomic mass is 10.2. The molecule has 58 valence electrons. The van der Waals surface area contributed by atoms with Gasteiger partial charge in [0.05, 0.1) is 0 Å². The van der Waals surface area contributed by atoms with E-state index < -0.39 is 12.1 Å². The highest BCUT2D eigenvalue weighted by atomic mass is 19.1. The van der Waals surface area contributed by atoms with Crippen LogP contribution in [-0.2, 0) is 4.79 Å². The maximum absolute atomic E-state index is 12.4. The van der Waals surface area contributed by atoms with Gasteiger partial charge >= 0.3 is 5.97 Å². The van der Waals surface area contributed by atoms with Crippen molar-refractivity contribution in [3.63, 3.8) is 0 Å². The van der Waals surface area contributed by atoms with Crippen LogP contribution < -0.4 is 0 Å². The van der Waals surface area contributed by atoms with E-state index in [1.165, 1.54) is 0 Å². The van der Waals surface area contributed by atoms with Crippen molar-refractivity contribution >= 4 is 5.97 Å². The largest absolute Gasteiger partial charge is 0.478 e. The third-order valence-electron chi connectivity index (χ3n) is 1.01. The molecule has 0 rings (SSSR count). The summed E-state index contributed by atoms with van der Waals surface area (Å²) >= 11 is 0. The Morgan fingerprint density at radius 2 is 2.40 bits per heavy atom. The monoisotopic (exact) mass is 146 g/mol. The molecule has 0 aromatic heterocycles. The Hall–Kier alpha value is -0.860. The summed E-state index contributed by atoms with van der Waals surface area (Å²) in [5.41, 5.74) is 0. The summed E-state index contributed by atoms with van der Waals surface area (Å²) in [6, 6.07) is 0. The first-order chi connectivity index (χ1) is 4.66. The zero-order valence-corrected chi connectivity index (χ0v) is 5.88. The van der Waals surface area contributed by atoms with Crippen LogP contribution in [0.5, 0.6) is 0 Å². The SMILES string of the molecule is CCCC(F)C=CC(=O)O. The fraction of sp³-hybridized carbons (Fsp3) is 0.571. The van der Waals surface area contributed by atoms with E-state index in [1.54, 1.807) is 0 Å². The molecule has 0 heterocycles. The lowest BCUT2D eigenvalue weighted by Gasteiger charge is -1.96. The maximum Gasteiger partial charge on any atom is 0.328 e. The second-order valence-corrected chi connectivity index (χ2v) is 2.00. The van der Waals surface area contributed by atoms with Crippen LogP contribution in [0, 0.1) is 0 Å². The second kappa shape index (κ2) is 4.97. The molecule has 3 heteroatoms. The Morgan fingerprint density at radius 3 is 2.80 bits per heavy atom. The molecule has 0 saturated heterocycles. The second-order valence-electron chi connectivity index (χ2n) is 2.00. The van der Waals surface area contributed by atoms with Crippen LogP contribution in [0.2, 0.25) is 0 Å². The van der Waals surface area contributed by atoms with Gasteiger partial charge in [0.1, 0.15) is 6.17 Å². The van der Waals surface area contributed by atoms with Gasteiger partial charge < -0.3 is 5.11 Å². The number of allylic oxidation sites excluding steroid dienone is 1. The van der Waals surface area contributed by atoms with Gasteiger partial charge in [-0.1, -0.05) is 13.3 Å². The molecule has 2 nitrogen and oxygen atoms in total. The van der Waals surface area contributed by atoms with Crippen LogP contribution in [-0.4, -0.2) is 17.2 Å². The number of carbonyl (C=O) groups is 1. The van der Waals surface area contributed by atoms with E-state index in [-0.39, 0.29) is 0 Å². The summed E-state index contributed by atoms with van der Waals surface area (Å²) in [5.74, 6) is -1.10. The molecule has 0 aliphatic rings. The molecular formula is C7H11FO2. The van der Waals surface area contributed by atoms with Gasteiger partial charge in [-0.2, -0.15) is 0 Å². The minimum absolute atomic E-state index is 0.393. The first-order valence-electron chi connectivity index (χ1n) is 3.22. The van der Waals surface area contributed by atoms with Gasteiger partial charge in [-0.3, -0.25) is 0 Å². The number of hydrogen-bond donors (Lipinski definition) is 1. The Bertz CT molecular complexity index is 132. The van der Waals surface area contributed by atoms with Crippen molar-refractivity contribution in [3.05, 3.63) is 12.2 Å². The van der Waals surface area contributed by atoms with E-state index in [4.69, 9.17) is 5.11 Å². The molecule has 0 amide bonds. The molecule has 0 aliphatic heterocycles. The minimum atomic E-state index is -1.11. The van der Waals surface area contributed by atoms with Gasteiger partial charge in [0.2, 0.25) is 0 Å². The molecule has 10 heavy (non-hydrogen) atoms. The highest BCUT2D eigenvalue weighted by molar-refractivity contribution is 5.79. The molecule has 0 aromatic carbocycles. The maximum atomic E-state index is 12.4. The molecular weight excluding hydrogens is 135 g/mol. The number of rotatable bonds is 4. The molecule has 1 atom stereocenters. The van der Waals surface area contributed by atoms with Crippen LogP contribution in [0.1, 0.15) is 19.8 Å². The van der Waals surface area contributed by atoms with E-state index in [9.17, 15) is 9.18 Å². The highest BCUT2D eigenvalue weighted by Crippen LogP contribution is 2.01. The minimum Gasteiger partial charge on any atom is -0.478 e. The average molecular weight is 146 g/mol. The van der Waals surface area contributed by atoms with Crippen molar-refractivity contribution in [1.82, 2.24) is 0 Å². The number of hydrogen-bond acceptors (Lipinski definition) is 1. The number of carboxylic acids is 1. The summed E-state index contributed by atoms with van der Waals surface area (Å²) < 4.78 is 12.4. The molecule has 0 radical (unpaired) electrons.